The van der Waals surface area contributed by atoms with Crippen molar-refractivity contribution in [1.29, 1.82) is 0 Å². The predicted octanol–water partition coefficient (Wildman–Crippen LogP) is 1.69. The Hall–Kier alpha value is -1.55. The first kappa shape index (κ1) is 12.9. The molecule has 0 radical (unpaired) electrons. The van der Waals surface area contributed by atoms with E-state index in [0.29, 0.717) is 11.3 Å². The molecule has 0 saturated heterocycles. The molecule has 1 aliphatic carbocycles. The van der Waals surface area contributed by atoms with E-state index in [1.165, 1.54) is 0 Å². The number of amides is 1. The minimum Gasteiger partial charge on any atom is -0.496 e. The van der Waals surface area contributed by atoms with Crippen LogP contribution in [0.1, 0.15) is 36.0 Å². The number of carbonyl (C=O) groups is 1. The van der Waals surface area contributed by atoms with Crippen LogP contribution >= 0.6 is 0 Å². The highest BCUT2D eigenvalue weighted by Crippen LogP contribution is 2.20. The van der Waals surface area contributed by atoms with E-state index in [2.05, 4.69) is 5.32 Å². The number of hydrogen-bond donors (Lipinski definition) is 2. The van der Waals surface area contributed by atoms with Gasteiger partial charge in [-0.1, -0.05) is 25.0 Å². The molecule has 3 N–H and O–H groups in total. The van der Waals surface area contributed by atoms with Gasteiger partial charge in [-0.15, -0.1) is 0 Å². The smallest absolute Gasteiger partial charge is 0.255 e. The van der Waals surface area contributed by atoms with Gasteiger partial charge in [0.05, 0.1) is 12.7 Å². The summed E-state index contributed by atoms with van der Waals surface area (Å²) in [5.41, 5.74) is 6.60. The third kappa shape index (κ3) is 2.82. The number of nitrogens with two attached hydrogens (primary N) is 1. The Bertz CT molecular complexity index is 420. The lowest BCUT2D eigenvalue weighted by atomic mass is 9.91. The monoisotopic (exact) mass is 248 g/mol. The van der Waals surface area contributed by atoms with Crippen LogP contribution < -0.4 is 15.8 Å². The average molecular weight is 248 g/mol. The topological polar surface area (TPSA) is 64.3 Å². The van der Waals surface area contributed by atoms with Crippen molar-refractivity contribution in [2.75, 3.05) is 7.11 Å². The van der Waals surface area contributed by atoms with Crippen molar-refractivity contribution in [3.8, 4) is 5.75 Å². The Labute approximate surface area is 108 Å². The number of hydrogen-bond acceptors (Lipinski definition) is 3. The van der Waals surface area contributed by atoms with Gasteiger partial charge >= 0.3 is 0 Å². The Morgan fingerprint density at radius 2 is 2.06 bits per heavy atom. The molecule has 2 atom stereocenters. The predicted molar refractivity (Wildman–Crippen MR) is 70.7 cm³/mol. The lowest BCUT2D eigenvalue weighted by Crippen LogP contribution is -2.49. The van der Waals surface area contributed by atoms with Crippen molar-refractivity contribution in [2.24, 2.45) is 5.73 Å². The molecule has 1 fully saturated rings. The van der Waals surface area contributed by atoms with Crippen LogP contribution in [0.2, 0.25) is 0 Å². The molecule has 18 heavy (non-hydrogen) atoms. The highest BCUT2D eigenvalue weighted by Gasteiger charge is 2.24. The SMILES string of the molecule is COc1ccccc1C(=O)NC1CCCCC1N. The maximum atomic E-state index is 12.2. The molecule has 0 heterocycles. The second kappa shape index (κ2) is 5.87. The third-order valence-corrected chi connectivity index (χ3v) is 3.49. The fourth-order valence-corrected chi connectivity index (χ4v) is 2.42. The second-order valence-corrected chi connectivity index (χ2v) is 4.73. The second-order valence-electron chi connectivity index (χ2n) is 4.73. The van der Waals surface area contributed by atoms with Gasteiger partial charge in [0.15, 0.2) is 0 Å². The standard InChI is InChI=1S/C14H20N2O2/c1-18-13-9-5-2-6-10(13)14(17)16-12-8-4-3-7-11(12)15/h2,5-6,9,11-12H,3-4,7-8,15H2,1H3,(H,16,17). The maximum absolute atomic E-state index is 12.2. The first-order valence-corrected chi connectivity index (χ1v) is 6.42. The normalized spacial score (nSPS) is 23.4. The van der Waals surface area contributed by atoms with Crippen LogP contribution in [0, 0.1) is 0 Å². The minimum atomic E-state index is -0.102. The van der Waals surface area contributed by atoms with Gasteiger partial charge in [0.2, 0.25) is 0 Å². The number of nitrogens with one attached hydrogen (secondary N) is 1. The largest absolute Gasteiger partial charge is 0.496 e. The number of benzene rings is 1. The quantitative estimate of drug-likeness (QED) is 0.855. The zero-order chi connectivity index (χ0) is 13.0. The minimum absolute atomic E-state index is 0.0670. The number of ether oxygens (including phenoxy) is 1. The molecule has 1 aromatic carbocycles. The molecule has 1 aromatic rings. The fraction of sp³-hybridized carbons (Fsp3) is 0.500. The molecule has 1 amide bonds. The van der Waals surface area contributed by atoms with E-state index < -0.39 is 0 Å². The first-order valence-electron chi connectivity index (χ1n) is 6.42. The summed E-state index contributed by atoms with van der Waals surface area (Å²) in [6.07, 6.45) is 4.23. The molecule has 0 aromatic heterocycles. The lowest BCUT2D eigenvalue weighted by molar-refractivity contribution is 0.0918. The van der Waals surface area contributed by atoms with Crippen LogP contribution in [-0.4, -0.2) is 25.1 Å². The highest BCUT2D eigenvalue weighted by atomic mass is 16.5. The molecule has 4 heteroatoms. The first-order chi connectivity index (χ1) is 8.72. The molecule has 1 saturated carbocycles. The van der Waals surface area contributed by atoms with E-state index in [-0.39, 0.29) is 18.0 Å². The van der Waals surface area contributed by atoms with Crippen LogP contribution in [0.15, 0.2) is 24.3 Å². The van der Waals surface area contributed by atoms with Crippen molar-refractivity contribution in [2.45, 2.75) is 37.8 Å². The summed E-state index contributed by atoms with van der Waals surface area (Å²) in [7, 11) is 1.57. The van der Waals surface area contributed by atoms with Gasteiger partial charge < -0.3 is 15.8 Å². The number of methoxy groups -OCH3 is 1. The Morgan fingerprint density at radius 3 is 2.78 bits per heavy atom. The summed E-state index contributed by atoms with van der Waals surface area (Å²) in [6, 6.07) is 7.38. The van der Waals surface area contributed by atoms with Crippen LogP contribution in [0.4, 0.5) is 0 Å². The molecule has 1 aliphatic rings. The highest BCUT2D eigenvalue weighted by molar-refractivity contribution is 5.97. The Kier molecular flexibility index (Phi) is 4.20. The molecule has 0 spiro atoms. The van der Waals surface area contributed by atoms with Crippen LogP contribution in [0.25, 0.3) is 0 Å². The number of para-hydroxylation sites is 1. The molecular formula is C14H20N2O2. The Morgan fingerprint density at radius 1 is 1.33 bits per heavy atom. The van der Waals surface area contributed by atoms with Crippen molar-refractivity contribution in [3.05, 3.63) is 29.8 Å². The van der Waals surface area contributed by atoms with Gasteiger partial charge in [-0.05, 0) is 25.0 Å². The third-order valence-electron chi connectivity index (χ3n) is 3.49. The van der Waals surface area contributed by atoms with Gasteiger partial charge in [-0.3, -0.25) is 4.79 Å². The van der Waals surface area contributed by atoms with E-state index in [0.717, 1.165) is 25.7 Å². The van der Waals surface area contributed by atoms with Gasteiger partial charge in [0.25, 0.3) is 5.91 Å². The number of carbonyl (C=O) groups excluding carboxylic acids is 1. The van der Waals surface area contributed by atoms with E-state index in [1.807, 2.05) is 12.1 Å². The zero-order valence-corrected chi connectivity index (χ0v) is 10.7. The molecule has 0 bridgehead atoms. The van der Waals surface area contributed by atoms with Crippen LogP contribution in [-0.2, 0) is 0 Å². The summed E-state index contributed by atoms with van der Waals surface area (Å²) < 4.78 is 5.19. The van der Waals surface area contributed by atoms with Crippen LogP contribution in [0.3, 0.4) is 0 Å². The summed E-state index contributed by atoms with van der Waals surface area (Å²) >= 11 is 0. The molecule has 0 aliphatic heterocycles. The summed E-state index contributed by atoms with van der Waals surface area (Å²) in [5.74, 6) is 0.495. The molecule has 98 valence electrons. The Balaban J connectivity index is 2.07. The molecule has 2 unspecified atom stereocenters. The van der Waals surface area contributed by atoms with Gasteiger partial charge in [0.1, 0.15) is 5.75 Å². The average Bonchev–Trinajstić information content (AvgIpc) is 2.41. The van der Waals surface area contributed by atoms with E-state index >= 15 is 0 Å². The van der Waals surface area contributed by atoms with Gasteiger partial charge in [-0.25, -0.2) is 0 Å². The summed E-state index contributed by atoms with van der Waals surface area (Å²) in [4.78, 5) is 12.2. The van der Waals surface area contributed by atoms with Gasteiger partial charge in [0, 0.05) is 12.1 Å². The fourth-order valence-electron chi connectivity index (χ4n) is 2.42. The van der Waals surface area contributed by atoms with Gasteiger partial charge in [-0.2, -0.15) is 0 Å². The van der Waals surface area contributed by atoms with E-state index in [9.17, 15) is 4.79 Å². The van der Waals surface area contributed by atoms with E-state index in [1.54, 1.807) is 19.2 Å². The van der Waals surface area contributed by atoms with Crippen molar-refractivity contribution < 1.29 is 9.53 Å². The number of rotatable bonds is 3. The molecule has 2 rings (SSSR count). The summed E-state index contributed by atoms with van der Waals surface area (Å²) in [5, 5.41) is 3.02. The lowest BCUT2D eigenvalue weighted by Gasteiger charge is -2.29. The molecular weight excluding hydrogens is 228 g/mol. The van der Waals surface area contributed by atoms with Crippen LogP contribution in [0.5, 0.6) is 5.75 Å². The summed E-state index contributed by atoms with van der Waals surface area (Å²) in [6.45, 7) is 0. The van der Waals surface area contributed by atoms with Crippen molar-refractivity contribution in [3.63, 3.8) is 0 Å². The van der Waals surface area contributed by atoms with Crippen molar-refractivity contribution in [1.82, 2.24) is 5.32 Å². The van der Waals surface area contributed by atoms with Crippen molar-refractivity contribution >= 4 is 5.91 Å². The molecule has 4 nitrogen and oxygen atoms in total. The zero-order valence-electron chi connectivity index (χ0n) is 10.7. The van der Waals surface area contributed by atoms with E-state index in [4.69, 9.17) is 10.5 Å². The maximum Gasteiger partial charge on any atom is 0.255 e.